The molecule has 188 valence electrons. The first-order valence-corrected chi connectivity index (χ1v) is 12.2. The molecule has 0 saturated carbocycles. The van der Waals surface area contributed by atoms with Crippen LogP contribution in [0, 0.1) is 0 Å². The molecule has 0 aliphatic rings. The van der Waals surface area contributed by atoms with Gasteiger partial charge in [0.15, 0.2) is 11.5 Å². The SMILES string of the molecule is CCOc1cc(/C=N/NC(=O)C(=O)Nc2ccc(OC)cc2)cc(Br)c1OCc1ccc(Cl)cc1Cl. The highest BCUT2D eigenvalue weighted by atomic mass is 79.9. The predicted molar refractivity (Wildman–Crippen MR) is 143 cm³/mol. The Balaban J connectivity index is 1.64. The highest BCUT2D eigenvalue weighted by Crippen LogP contribution is 2.37. The minimum Gasteiger partial charge on any atom is -0.497 e. The third kappa shape index (κ3) is 7.61. The molecular weight excluding hydrogens is 573 g/mol. The van der Waals surface area contributed by atoms with Crippen molar-refractivity contribution in [2.45, 2.75) is 13.5 Å². The second-order valence-corrected chi connectivity index (χ2v) is 8.87. The largest absolute Gasteiger partial charge is 0.497 e. The molecule has 0 spiro atoms. The van der Waals surface area contributed by atoms with Crippen LogP contribution < -0.4 is 25.0 Å². The fourth-order valence-electron chi connectivity index (χ4n) is 2.93. The number of hydrogen-bond acceptors (Lipinski definition) is 6. The van der Waals surface area contributed by atoms with E-state index in [9.17, 15) is 9.59 Å². The zero-order chi connectivity index (χ0) is 26.1. The van der Waals surface area contributed by atoms with Gasteiger partial charge in [0.2, 0.25) is 0 Å². The Bertz CT molecular complexity index is 1270. The summed E-state index contributed by atoms with van der Waals surface area (Å²) in [6, 6.07) is 15.1. The summed E-state index contributed by atoms with van der Waals surface area (Å²) in [5.74, 6) is -0.223. The summed E-state index contributed by atoms with van der Waals surface area (Å²) in [4.78, 5) is 24.2. The number of amides is 2. The topological polar surface area (TPSA) is 98.2 Å². The summed E-state index contributed by atoms with van der Waals surface area (Å²) in [5.41, 5.74) is 4.00. The average Bonchev–Trinajstić information content (AvgIpc) is 2.85. The number of carbonyl (C=O) groups is 2. The number of rotatable bonds is 9. The zero-order valence-electron chi connectivity index (χ0n) is 19.3. The van der Waals surface area contributed by atoms with Gasteiger partial charge in [-0.2, -0.15) is 5.10 Å². The van der Waals surface area contributed by atoms with Gasteiger partial charge in [0.25, 0.3) is 0 Å². The molecule has 2 amide bonds. The van der Waals surface area contributed by atoms with Gasteiger partial charge >= 0.3 is 11.8 Å². The van der Waals surface area contributed by atoms with Crippen molar-refractivity contribution >= 4 is 62.8 Å². The number of hydrazone groups is 1. The van der Waals surface area contributed by atoms with Crippen molar-refractivity contribution in [3.05, 3.63) is 80.2 Å². The van der Waals surface area contributed by atoms with Crippen molar-refractivity contribution in [3.8, 4) is 17.2 Å². The Kier molecular flexibility index (Phi) is 9.98. The van der Waals surface area contributed by atoms with E-state index in [0.29, 0.717) is 49.6 Å². The number of carbonyl (C=O) groups excluding carboxylic acids is 2. The van der Waals surface area contributed by atoms with Crippen LogP contribution >= 0.6 is 39.1 Å². The molecule has 36 heavy (non-hydrogen) atoms. The first-order valence-electron chi connectivity index (χ1n) is 10.6. The van der Waals surface area contributed by atoms with Gasteiger partial charge in [-0.15, -0.1) is 0 Å². The molecule has 3 aromatic carbocycles. The number of halogens is 3. The van der Waals surface area contributed by atoms with E-state index in [1.165, 1.54) is 13.3 Å². The fourth-order valence-corrected chi connectivity index (χ4v) is 3.97. The molecule has 0 radical (unpaired) electrons. The number of nitrogens with zero attached hydrogens (tertiary/aromatic N) is 1. The predicted octanol–water partition coefficient (Wildman–Crippen LogP) is 5.83. The van der Waals surface area contributed by atoms with Crippen molar-refractivity contribution < 1.29 is 23.8 Å². The van der Waals surface area contributed by atoms with Crippen LogP contribution in [0.4, 0.5) is 5.69 Å². The summed E-state index contributed by atoms with van der Waals surface area (Å²) < 4.78 is 17.3. The van der Waals surface area contributed by atoms with E-state index in [4.69, 9.17) is 37.4 Å². The number of ether oxygens (including phenoxy) is 3. The Labute approximate surface area is 226 Å². The van der Waals surface area contributed by atoms with E-state index in [2.05, 4.69) is 31.8 Å². The maximum atomic E-state index is 12.1. The van der Waals surface area contributed by atoms with E-state index in [-0.39, 0.29) is 6.61 Å². The third-order valence-electron chi connectivity index (χ3n) is 4.65. The molecule has 0 saturated heterocycles. The van der Waals surface area contributed by atoms with Crippen molar-refractivity contribution in [1.82, 2.24) is 5.43 Å². The van der Waals surface area contributed by atoms with E-state index in [1.807, 2.05) is 6.92 Å². The molecule has 3 aromatic rings. The summed E-state index contributed by atoms with van der Waals surface area (Å²) >= 11 is 15.7. The molecule has 0 aromatic heterocycles. The lowest BCUT2D eigenvalue weighted by Gasteiger charge is -2.15. The molecule has 0 heterocycles. The number of hydrogen-bond donors (Lipinski definition) is 2. The minimum atomic E-state index is -0.925. The second-order valence-electron chi connectivity index (χ2n) is 7.17. The Morgan fingerprint density at radius 3 is 2.44 bits per heavy atom. The Morgan fingerprint density at radius 1 is 1.03 bits per heavy atom. The zero-order valence-corrected chi connectivity index (χ0v) is 22.4. The van der Waals surface area contributed by atoms with Crippen LogP contribution in [0.3, 0.4) is 0 Å². The lowest BCUT2D eigenvalue weighted by Crippen LogP contribution is -2.32. The molecule has 8 nitrogen and oxygen atoms in total. The molecular formula is C25H22BrCl2N3O5. The number of anilines is 1. The normalized spacial score (nSPS) is 10.7. The maximum absolute atomic E-state index is 12.1. The highest BCUT2D eigenvalue weighted by molar-refractivity contribution is 9.10. The van der Waals surface area contributed by atoms with Crippen LogP contribution in [-0.2, 0) is 16.2 Å². The highest BCUT2D eigenvalue weighted by Gasteiger charge is 2.15. The molecule has 0 atom stereocenters. The average molecular weight is 595 g/mol. The van der Waals surface area contributed by atoms with Crippen LogP contribution in [0.25, 0.3) is 0 Å². The van der Waals surface area contributed by atoms with Crippen LogP contribution in [0.5, 0.6) is 17.2 Å². The van der Waals surface area contributed by atoms with Gasteiger partial charge in [-0.1, -0.05) is 29.3 Å². The first kappa shape index (κ1) is 27.3. The molecule has 0 aliphatic carbocycles. The molecule has 11 heteroatoms. The Hall–Kier alpha value is -3.27. The molecule has 0 bridgehead atoms. The summed E-state index contributed by atoms with van der Waals surface area (Å²) in [7, 11) is 1.53. The summed E-state index contributed by atoms with van der Waals surface area (Å²) in [5, 5.41) is 7.37. The molecule has 0 unspecified atom stereocenters. The minimum absolute atomic E-state index is 0.196. The van der Waals surface area contributed by atoms with Gasteiger partial charge in [0, 0.05) is 21.3 Å². The quantitative estimate of drug-likeness (QED) is 0.184. The molecule has 3 rings (SSSR count). The van der Waals surface area contributed by atoms with E-state index in [0.717, 1.165) is 5.56 Å². The van der Waals surface area contributed by atoms with Gasteiger partial charge in [-0.3, -0.25) is 9.59 Å². The van der Waals surface area contributed by atoms with Crippen molar-refractivity contribution in [2.24, 2.45) is 5.10 Å². The van der Waals surface area contributed by atoms with E-state index >= 15 is 0 Å². The monoisotopic (exact) mass is 593 g/mol. The van der Waals surface area contributed by atoms with Gasteiger partial charge in [0.1, 0.15) is 12.4 Å². The summed E-state index contributed by atoms with van der Waals surface area (Å²) in [6.07, 6.45) is 1.38. The maximum Gasteiger partial charge on any atom is 0.329 e. The lowest BCUT2D eigenvalue weighted by molar-refractivity contribution is -0.136. The standard InChI is InChI=1S/C25H22BrCl2N3O5/c1-3-35-22-11-15(10-20(26)23(22)36-14-16-4-5-17(27)12-21(16)28)13-29-31-25(33)24(32)30-18-6-8-19(34-2)9-7-18/h4-13H,3,14H2,1-2H3,(H,30,32)(H,31,33)/b29-13+. The van der Waals surface area contributed by atoms with Gasteiger partial charge in [-0.05, 0) is 76.9 Å². The summed E-state index contributed by atoms with van der Waals surface area (Å²) in [6.45, 7) is 2.44. The lowest BCUT2D eigenvalue weighted by atomic mass is 10.2. The van der Waals surface area contributed by atoms with Crippen LogP contribution in [0.1, 0.15) is 18.1 Å². The number of nitrogens with one attached hydrogen (secondary N) is 2. The number of methoxy groups -OCH3 is 1. The van der Waals surface area contributed by atoms with Crippen LogP contribution in [0.2, 0.25) is 10.0 Å². The van der Waals surface area contributed by atoms with E-state index < -0.39 is 11.8 Å². The molecule has 0 fully saturated rings. The Morgan fingerprint density at radius 2 is 1.78 bits per heavy atom. The van der Waals surface area contributed by atoms with Crippen LogP contribution in [0.15, 0.2) is 64.2 Å². The first-order chi connectivity index (χ1) is 17.3. The van der Waals surface area contributed by atoms with Crippen molar-refractivity contribution in [2.75, 3.05) is 19.0 Å². The smallest absolute Gasteiger partial charge is 0.329 e. The van der Waals surface area contributed by atoms with Crippen molar-refractivity contribution in [3.63, 3.8) is 0 Å². The molecule has 0 aliphatic heterocycles. The van der Waals surface area contributed by atoms with Gasteiger partial charge in [0.05, 0.1) is 24.4 Å². The number of benzene rings is 3. The van der Waals surface area contributed by atoms with Crippen molar-refractivity contribution in [1.29, 1.82) is 0 Å². The second kappa shape index (κ2) is 13.2. The van der Waals surface area contributed by atoms with Gasteiger partial charge < -0.3 is 19.5 Å². The van der Waals surface area contributed by atoms with Gasteiger partial charge in [-0.25, -0.2) is 5.43 Å². The fraction of sp³-hybridized carbons (Fsp3) is 0.160. The van der Waals surface area contributed by atoms with E-state index in [1.54, 1.807) is 54.6 Å². The van der Waals surface area contributed by atoms with Crippen LogP contribution in [-0.4, -0.2) is 31.7 Å². The third-order valence-corrected chi connectivity index (χ3v) is 5.83. The molecule has 2 N–H and O–H groups in total.